The van der Waals surface area contributed by atoms with Crippen molar-refractivity contribution in [2.24, 2.45) is 0 Å². The van der Waals surface area contributed by atoms with E-state index in [0.29, 0.717) is 13.0 Å². The van der Waals surface area contributed by atoms with Crippen LogP contribution in [0.4, 0.5) is 5.82 Å². The van der Waals surface area contributed by atoms with E-state index in [9.17, 15) is 4.79 Å². The van der Waals surface area contributed by atoms with Gasteiger partial charge in [0.25, 0.3) is 0 Å². The maximum Gasteiger partial charge on any atom is 0.220 e. The van der Waals surface area contributed by atoms with Crippen LogP contribution >= 0.6 is 11.3 Å². The molecule has 4 nitrogen and oxygen atoms in total. The first-order valence-corrected chi connectivity index (χ1v) is 8.73. The van der Waals surface area contributed by atoms with Crippen molar-refractivity contribution < 1.29 is 4.79 Å². The smallest absolute Gasteiger partial charge is 0.220 e. The number of hydrogen-bond donors (Lipinski definition) is 1. The van der Waals surface area contributed by atoms with Crippen molar-refractivity contribution >= 4 is 23.1 Å². The molecule has 2 aromatic rings. The van der Waals surface area contributed by atoms with Gasteiger partial charge in [0, 0.05) is 32.3 Å². The van der Waals surface area contributed by atoms with Crippen molar-refractivity contribution in [3.05, 3.63) is 46.3 Å². The van der Waals surface area contributed by atoms with Crippen LogP contribution in [0, 0.1) is 0 Å². The van der Waals surface area contributed by atoms with Crippen molar-refractivity contribution in [2.75, 3.05) is 18.0 Å². The maximum absolute atomic E-state index is 11.9. The highest BCUT2D eigenvalue weighted by molar-refractivity contribution is 7.07. The van der Waals surface area contributed by atoms with Gasteiger partial charge in [-0.3, -0.25) is 4.79 Å². The second kappa shape index (κ2) is 7.40. The first-order valence-electron chi connectivity index (χ1n) is 7.79. The second-order valence-corrected chi connectivity index (χ2v) is 6.41. The molecule has 0 unspecified atom stereocenters. The molecule has 0 atom stereocenters. The quantitative estimate of drug-likeness (QED) is 0.891. The summed E-state index contributed by atoms with van der Waals surface area (Å²) in [7, 11) is 0. The number of nitrogens with zero attached hydrogens (tertiary/aromatic N) is 2. The lowest BCUT2D eigenvalue weighted by Gasteiger charge is -2.16. The molecule has 0 aliphatic carbocycles. The summed E-state index contributed by atoms with van der Waals surface area (Å²) < 4.78 is 0. The van der Waals surface area contributed by atoms with Crippen molar-refractivity contribution in [2.45, 2.75) is 32.2 Å². The Labute approximate surface area is 135 Å². The molecule has 5 heteroatoms. The third kappa shape index (κ3) is 4.07. The monoisotopic (exact) mass is 315 g/mol. The van der Waals surface area contributed by atoms with E-state index in [4.69, 9.17) is 0 Å². The number of rotatable bonds is 6. The fourth-order valence-corrected chi connectivity index (χ4v) is 3.34. The lowest BCUT2D eigenvalue weighted by atomic mass is 10.2. The van der Waals surface area contributed by atoms with E-state index in [-0.39, 0.29) is 5.91 Å². The van der Waals surface area contributed by atoms with Gasteiger partial charge in [-0.2, -0.15) is 11.3 Å². The van der Waals surface area contributed by atoms with Gasteiger partial charge in [0.2, 0.25) is 5.91 Å². The fourth-order valence-electron chi connectivity index (χ4n) is 2.64. The molecule has 0 saturated carbocycles. The Morgan fingerprint density at radius 1 is 1.23 bits per heavy atom. The SMILES string of the molecule is O=C(CCc1ccsc1)NCc1ccc(N2CCCC2)nc1. The van der Waals surface area contributed by atoms with Crippen LogP contribution in [0.3, 0.4) is 0 Å². The van der Waals surface area contributed by atoms with Gasteiger partial charge in [-0.05, 0) is 53.3 Å². The van der Waals surface area contributed by atoms with Crippen LogP contribution in [0.2, 0.25) is 0 Å². The number of anilines is 1. The summed E-state index contributed by atoms with van der Waals surface area (Å²) in [6, 6.07) is 6.18. The van der Waals surface area contributed by atoms with Gasteiger partial charge >= 0.3 is 0 Å². The highest BCUT2D eigenvalue weighted by atomic mass is 32.1. The normalized spacial score (nSPS) is 14.3. The topological polar surface area (TPSA) is 45.2 Å². The number of carbonyl (C=O) groups is 1. The molecule has 22 heavy (non-hydrogen) atoms. The molecule has 0 aromatic carbocycles. The standard InChI is InChI=1S/C17H21N3OS/c21-17(6-4-14-7-10-22-13-14)19-12-15-3-5-16(18-11-15)20-8-1-2-9-20/h3,5,7,10-11,13H,1-2,4,6,8-9,12H2,(H,19,21). The number of amides is 1. The molecule has 3 heterocycles. The summed E-state index contributed by atoms with van der Waals surface area (Å²) >= 11 is 1.67. The Bertz CT molecular complexity index is 589. The zero-order chi connectivity index (χ0) is 15.2. The predicted octanol–water partition coefficient (Wildman–Crippen LogP) is 2.99. The number of hydrogen-bond acceptors (Lipinski definition) is 4. The summed E-state index contributed by atoms with van der Waals surface area (Å²) in [5, 5.41) is 7.10. The minimum absolute atomic E-state index is 0.0924. The minimum Gasteiger partial charge on any atom is -0.357 e. The second-order valence-electron chi connectivity index (χ2n) is 5.63. The van der Waals surface area contributed by atoms with Gasteiger partial charge < -0.3 is 10.2 Å². The molecular formula is C17H21N3OS. The number of nitrogens with one attached hydrogen (secondary N) is 1. The highest BCUT2D eigenvalue weighted by Crippen LogP contribution is 2.17. The van der Waals surface area contributed by atoms with Crippen molar-refractivity contribution in [3.8, 4) is 0 Å². The van der Waals surface area contributed by atoms with Gasteiger partial charge in [-0.15, -0.1) is 0 Å². The number of aryl methyl sites for hydroxylation is 1. The first kappa shape index (κ1) is 15.0. The molecule has 1 aliphatic heterocycles. The van der Waals surface area contributed by atoms with E-state index in [2.05, 4.69) is 38.8 Å². The molecule has 116 valence electrons. The fraction of sp³-hybridized carbons (Fsp3) is 0.412. The van der Waals surface area contributed by atoms with Gasteiger partial charge in [-0.1, -0.05) is 6.07 Å². The third-order valence-corrected chi connectivity index (χ3v) is 4.68. The average Bonchev–Trinajstić information content (AvgIpc) is 3.24. The van der Waals surface area contributed by atoms with Crippen molar-refractivity contribution in [1.29, 1.82) is 0 Å². The summed E-state index contributed by atoms with van der Waals surface area (Å²) in [5.41, 5.74) is 2.28. The number of aromatic nitrogens is 1. The minimum atomic E-state index is 0.0924. The molecule has 1 N–H and O–H groups in total. The third-order valence-electron chi connectivity index (χ3n) is 3.95. The van der Waals surface area contributed by atoms with Gasteiger partial charge in [0.15, 0.2) is 0 Å². The molecule has 1 amide bonds. The van der Waals surface area contributed by atoms with Crippen LogP contribution in [-0.2, 0) is 17.8 Å². The Kier molecular flexibility index (Phi) is 5.06. The lowest BCUT2D eigenvalue weighted by Crippen LogP contribution is -2.23. The van der Waals surface area contributed by atoms with Gasteiger partial charge in [0.05, 0.1) is 0 Å². The Balaban J connectivity index is 1.43. The zero-order valence-electron chi connectivity index (χ0n) is 12.6. The largest absolute Gasteiger partial charge is 0.357 e. The Morgan fingerprint density at radius 2 is 2.09 bits per heavy atom. The summed E-state index contributed by atoms with van der Waals surface area (Å²) in [5.74, 6) is 1.14. The van der Waals surface area contributed by atoms with E-state index in [1.807, 2.05) is 11.6 Å². The molecule has 1 saturated heterocycles. The van der Waals surface area contributed by atoms with E-state index in [1.54, 1.807) is 11.3 Å². The van der Waals surface area contributed by atoms with E-state index in [1.165, 1.54) is 18.4 Å². The predicted molar refractivity (Wildman–Crippen MR) is 90.2 cm³/mol. The Hall–Kier alpha value is -1.88. The Morgan fingerprint density at radius 3 is 2.77 bits per heavy atom. The molecular weight excluding hydrogens is 294 g/mol. The molecule has 1 fully saturated rings. The number of thiophene rings is 1. The first-order chi connectivity index (χ1) is 10.8. The van der Waals surface area contributed by atoms with Crippen LogP contribution in [0.1, 0.15) is 30.4 Å². The van der Waals surface area contributed by atoms with Crippen LogP contribution in [0.25, 0.3) is 0 Å². The molecule has 0 radical (unpaired) electrons. The van der Waals surface area contributed by atoms with E-state index < -0.39 is 0 Å². The van der Waals surface area contributed by atoms with Crippen LogP contribution in [-0.4, -0.2) is 24.0 Å². The zero-order valence-corrected chi connectivity index (χ0v) is 13.4. The van der Waals surface area contributed by atoms with Crippen LogP contribution in [0.5, 0.6) is 0 Å². The van der Waals surface area contributed by atoms with Gasteiger partial charge in [0.1, 0.15) is 5.82 Å². The molecule has 3 rings (SSSR count). The molecule has 1 aliphatic rings. The summed E-state index contributed by atoms with van der Waals surface area (Å²) in [6.45, 7) is 2.76. The summed E-state index contributed by atoms with van der Waals surface area (Å²) in [6.07, 6.45) is 5.72. The lowest BCUT2D eigenvalue weighted by molar-refractivity contribution is -0.121. The number of carbonyl (C=O) groups excluding carboxylic acids is 1. The van der Waals surface area contributed by atoms with Crippen molar-refractivity contribution in [1.82, 2.24) is 10.3 Å². The van der Waals surface area contributed by atoms with Crippen LogP contribution < -0.4 is 10.2 Å². The highest BCUT2D eigenvalue weighted by Gasteiger charge is 2.13. The molecule has 0 bridgehead atoms. The number of pyridine rings is 1. The average molecular weight is 315 g/mol. The van der Waals surface area contributed by atoms with Crippen LogP contribution in [0.15, 0.2) is 35.2 Å². The maximum atomic E-state index is 11.9. The van der Waals surface area contributed by atoms with E-state index >= 15 is 0 Å². The molecule has 2 aromatic heterocycles. The molecule has 0 spiro atoms. The summed E-state index contributed by atoms with van der Waals surface area (Å²) in [4.78, 5) is 18.7. The van der Waals surface area contributed by atoms with E-state index in [0.717, 1.165) is 30.9 Å². The van der Waals surface area contributed by atoms with Crippen molar-refractivity contribution in [3.63, 3.8) is 0 Å². The van der Waals surface area contributed by atoms with Gasteiger partial charge in [-0.25, -0.2) is 4.98 Å².